The topological polar surface area (TPSA) is 237 Å². The van der Waals surface area contributed by atoms with Crippen LogP contribution in [-0.2, 0) is 65.4 Å². The second-order valence-electron chi connectivity index (χ2n) is 30.7. The number of rotatable bonds is 84. The Morgan fingerprint density at radius 2 is 0.447 bits per heavy atom. The Kier molecular flexibility index (Phi) is 75.4. The van der Waals surface area contributed by atoms with E-state index in [0.29, 0.717) is 25.7 Å². The number of phosphoric acid groups is 2. The van der Waals surface area contributed by atoms with Crippen LogP contribution in [0, 0.1) is 5.92 Å². The van der Waals surface area contributed by atoms with Gasteiger partial charge in [-0.3, -0.25) is 37.3 Å². The molecule has 0 heterocycles. The van der Waals surface area contributed by atoms with Crippen LogP contribution in [0.5, 0.6) is 0 Å². The van der Waals surface area contributed by atoms with Crippen LogP contribution in [-0.4, -0.2) is 96.7 Å². The first kappa shape index (κ1) is 101. The third kappa shape index (κ3) is 78.0. The van der Waals surface area contributed by atoms with E-state index < -0.39 is 97.5 Å². The maximum atomic E-state index is 13.1. The number of aliphatic hydroxyl groups excluding tert-OH is 1. The first-order chi connectivity index (χ1) is 50.0. The number of carbonyl (C=O) groups excluding carboxylic acids is 4. The maximum Gasteiger partial charge on any atom is 0.472 e. The fourth-order valence-corrected chi connectivity index (χ4v) is 14.7. The van der Waals surface area contributed by atoms with Crippen LogP contribution < -0.4 is 0 Å². The van der Waals surface area contributed by atoms with Crippen LogP contribution in [0.15, 0.2) is 0 Å². The van der Waals surface area contributed by atoms with Gasteiger partial charge in [0.05, 0.1) is 26.4 Å². The number of hydrogen-bond donors (Lipinski definition) is 3. The Balaban J connectivity index is 5.23. The second kappa shape index (κ2) is 76.8. The van der Waals surface area contributed by atoms with Crippen molar-refractivity contribution in [2.24, 2.45) is 5.92 Å². The van der Waals surface area contributed by atoms with Gasteiger partial charge in [0.25, 0.3) is 0 Å². The van der Waals surface area contributed by atoms with Crippen molar-refractivity contribution in [1.82, 2.24) is 0 Å². The highest BCUT2D eigenvalue weighted by molar-refractivity contribution is 7.47. The molecule has 0 aliphatic rings. The average molecular weight is 1510 g/mol. The van der Waals surface area contributed by atoms with Crippen LogP contribution in [0.1, 0.15) is 452 Å². The van der Waals surface area contributed by atoms with Gasteiger partial charge in [0.1, 0.15) is 19.3 Å². The van der Waals surface area contributed by atoms with Gasteiger partial charge >= 0.3 is 39.5 Å². The number of phosphoric ester groups is 2. The molecule has 612 valence electrons. The molecule has 0 aliphatic heterocycles. The Labute approximate surface area is 632 Å². The molecule has 0 amide bonds. The Morgan fingerprint density at radius 3 is 0.660 bits per heavy atom. The molecule has 0 aromatic heterocycles. The molecule has 0 fully saturated rings. The van der Waals surface area contributed by atoms with Gasteiger partial charge in [-0.1, -0.05) is 401 Å². The van der Waals surface area contributed by atoms with E-state index in [1.54, 1.807) is 0 Å². The van der Waals surface area contributed by atoms with Crippen LogP contribution in [0.4, 0.5) is 0 Å². The number of carbonyl (C=O) groups is 4. The van der Waals surface area contributed by atoms with Gasteiger partial charge in [-0.15, -0.1) is 0 Å². The Morgan fingerprint density at radius 1 is 0.262 bits per heavy atom. The molecule has 0 bridgehead atoms. The highest BCUT2D eigenvalue weighted by atomic mass is 31.2. The summed E-state index contributed by atoms with van der Waals surface area (Å²) < 4.78 is 68.8. The SMILES string of the molecule is CCCCCCCCCCCCCCCCCCCCCCC(=O)O[C@H](COC(=O)CCCCCCCCCCCCCCCCCCC)COP(=O)(O)OC[C@@H](O)COP(=O)(O)OC[C@@H](COC(=O)CCCCCCCCCCCC)OC(=O)CCCCCCCCCCCCCCCC(C)C. The molecule has 2 unspecified atom stereocenters. The third-order valence-electron chi connectivity index (χ3n) is 19.8. The molecule has 0 saturated carbocycles. The summed E-state index contributed by atoms with van der Waals surface area (Å²) >= 11 is 0. The van der Waals surface area contributed by atoms with Crippen molar-refractivity contribution in [3.8, 4) is 0 Å². The van der Waals surface area contributed by atoms with Crippen LogP contribution in [0.3, 0.4) is 0 Å². The molecule has 0 spiro atoms. The Bertz CT molecular complexity index is 1960. The van der Waals surface area contributed by atoms with E-state index in [4.69, 9.17) is 37.0 Å². The van der Waals surface area contributed by atoms with Crippen LogP contribution >= 0.6 is 15.6 Å². The fraction of sp³-hybridized carbons (Fsp3) is 0.952. The quantitative estimate of drug-likeness (QED) is 0.0222. The summed E-state index contributed by atoms with van der Waals surface area (Å²) in [4.78, 5) is 73.1. The minimum atomic E-state index is -4.96. The van der Waals surface area contributed by atoms with Crippen molar-refractivity contribution < 1.29 is 80.2 Å². The summed E-state index contributed by atoms with van der Waals surface area (Å²) in [7, 11) is -9.92. The summed E-state index contributed by atoms with van der Waals surface area (Å²) in [6.45, 7) is 7.36. The summed E-state index contributed by atoms with van der Waals surface area (Å²) in [5.41, 5.74) is 0. The first-order valence-electron chi connectivity index (χ1n) is 43.6. The summed E-state index contributed by atoms with van der Waals surface area (Å²) in [5, 5.41) is 10.7. The molecule has 0 aliphatic carbocycles. The summed E-state index contributed by atoms with van der Waals surface area (Å²) in [5.74, 6) is -1.32. The normalized spacial score (nSPS) is 13.8. The van der Waals surface area contributed by atoms with Gasteiger partial charge in [0, 0.05) is 25.7 Å². The number of esters is 4. The lowest BCUT2D eigenvalue weighted by Gasteiger charge is -2.21. The van der Waals surface area contributed by atoms with Crippen molar-refractivity contribution in [2.75, 3.05) is 39.6 Å². The van der Waals surface area contributed by atoms with Gasteiger partial charge in [0.15, 0.2) is 12.2 Å². The predicted octanol–water partition coefficient (Wildman–Crippen LogP) is 25.6. The molecule has 5 atom stereocenters. The van der Waals surface area contributed by atoms with Gasteiger partial charge in [-0.2, -0.15) is 0 Å². The first-order valence-corrected chi connectivity index (χ1v) is 46.6. The molecule has 0 saturated heterocycles. The lowest BCUT2D eigenvalue weighted by molar-refractivity contribution is -0.161. The number of ether oxygens (including phenoxy) is 4. The zero-order valence-corrected chi connectivity index (χ0v) is 69.3. The molecular weight excluding hydrogens is 1340 g/mol. The molecule has 3 N–H and O–H groups in total. The smallest absolute Gasteiger partial charge is 0.462 e. The van der Waals surface area contributed by atoms with Crippen molar-refractivity contribution >= 4 is 39.5 Å². The van der Waals surface area contributed by atoms with Crippen molar-refractivity contribution in [1.29, 1.82) is 0 Å². The van der Waals surface area contributed by atoms with E-state index in [1.165, 1.54) is 276 Å². The molecule has 103 heavy (non-hydrogen) atoms. The van der Waals surface area contributed by atoms with Gasteiger partial charge in [0.2, 0.25) is 0 Å². The fourth-order valence-electron chi connectivity index (χ4n) is 13.1. The summed E-state index contributed by atoms with van der Waals surface area (Å²) in [6.07, 6.45) is 69.4. The standard InChI is InChI=1S/C84H164O17P2/c1-6-9-12-15-18-21-24-26-28-30-31-32-34-36-40-44-49-54-59-64-69-83(88)101-80(74-95-82(87)68-63-58-53-48-43-39-35-33-29-27-25-22-19-16-13-10-7-2)76-99-103(92,93)97-72-78(85)71-96-102(90,91)98-75-79(73-94-81(86)67-62-57-52-47-23-20-17-14-11-8-3)100-84(89)70-65-60-55-50-45-41-37-38-42-46-51-56-61-66-77(4)5/h77-80,85H,6-76H2,1-5H3,(H,90,91)(H,92,93)/t78-,79+,80+/m0/s1. The zero-order chi connectivity index (χ0) is 75.5. The molecule has 17 nitrogen and oxygen atoms in total. The van der Waals surface area contributed by atoms with Crippen molar-refractivity contribution in [3.63, 3.8) is 0 Å². The maximum absolute atomic E-state index is 13.1. The summed E-state index contributed by atoms with van der Waals surface area (Å²) in [6, 6.07) is 0. The molecule has 0 aromatic rings. The predicted molar refractivity (Wildman–Crippen MR) is 423 cm³/mol. The van der Waals surface area contributed by atoms with E-state index in [1.807, 2.05) is 0 Å². The largest absolute Gasteiger partial charge is 0.472 e. The molecule has 19 heteroatoms. The zero-order valence-electron chi connectivity index (χ0n) is 67.5. The van der Waals surface area contributed by atoms with E-state index >= 15 is 0 Å². The van der Waals surface area contributed by atoms with E-state index in [2.05, 4.69) is 34.6 Å². The number of aliphatic hydroxyl groups is 1. The van der Waals surface area contributed by atoms with Gasteiger partial charge < -0.3 is 33.8 Å². The van der Waals surface area contributed by atoms with Crippen LogP contribution in [0.25, 0.3) is 0 Å². The monoisotopic (exact) mass is 1510 g/mol. The number of hydrogen-bond acceptors (Lipinski definition) is 15. The van der Waals surface area contributed by atoms with Crippen LogP contribution in [0.2, 0.25) is 0 Å². The molecule has 0 rings (SSSR count). The minimum absolute atomic E-state index is 0.108. The lowest BCUT2D eigenvalue weighted by Crippen LogP contribution is -2.30. The second-order valence-corrected chi connectivity index (χ2v) is 33.6. The van der Waals surface area contributed by atoms with Gasteiger partial charge in [-0.05, 0) is 31.6 Å². The molecule has 0 aromatic carbocycles. The van der Waals surface area contributed by atoms with Gasteiger partial charge in [-0.25, -0.2) is 9.13 Å². The Hall–Kier alpha value is -1.94. The lowest BCUT2D eigenvalue weighted by atomic mass is 10.0. The van der Waals surface area contributed by atoms with Crippen molar-refractivity contribution in [2.45, 2.75) is 470 Å². The minimum Gasteiger partial charge on any atom is -0.462 e. The van der Waals surface area contributed by atoms with E-state index in [-0.39, 0.29) is 25.7 Å². The third-order valence-corrected chi connectivity index (χ3v) is 21.7. The highest BCUT2D eigenvalue weighted by Gasteiger charge is 2.30. The average Bonchev–Trinajstić information content (AvgIpc) is 0.956. The molecular formula is C84H164O17P2. The van der Waals surface area contributed by atoms with E-state index in [0.717, 1.165) is 95.8 Å². The van der Waals surface area contributed by atoms with Crippen molar-refractivity contribution in [3.05, 3.63) is 0 Å². The highest BCUT2D eigenvalue weighted by Crippen LogP contribution is 2.45. The molecule has 0 radical (unpaired) electrons. The van der Waals surface area contributed by atoms with E-state index in [9.17, 15) is 43.2 Å². The number of unbranched alkanes of at least 4 members (excludes halogenated alkanes) is 56.